The van der Waals surface area contributed by atoms with E-state index in [1.54, 1.807) is 62.9 Å². The van der Waals surface area contributed by atoms with Gasteiger partial charge in [-0.15, -0.1) is 0 Å². The largest absolute Gasteiger partial charge is 0.480 e. The van der Waals surface area contributed by atoms with Crippen LogP contribution < -0.4 is 10.6 Å². The monoisotopic (exact) mass is 332 g/mol. The molecule has 0 amide bonds. The van der Waals surface area contributed by atoms with Crippen molar-refractivity contribution in [3.63, 3.8) is 0 Å². The number of hydrogen-bond acceptors (Lipinski definition) is 6. The average molecular weight is 332 g/mol. The second-order valence-corrected chi connectivity index (χ2v) is 4.89. The lowest BCUT2D eigenvalue weighted by atomic mass is 10.3. The molecule has 2 aromatic heterocycles. The summed E-state index contributed by atoms with van der Waals surface area (Å²) in [6, 6.07) is 5.80. The van der Waals surface area contributed by atoms with Crippen LogP contribution in [-0.4, -0.2) is 44.2 Å². The average Bonchev–Trinajstić information content (AvgIpc) is 2.57. The molecule has 2 heterocycles. The standard InChI is InChI=1S/2C8H10N2O2/c1-6(8(11)12)10-7-2-4-9-5-3-7;1-6(8(11)12)10-7-3-2-4-9-5-7/h2-6H,1H3,(H,9,10)(H,11,12);2-6,10H,1H3,(H,11,12)/t2*6-/m00/s1. The fourth-order valence-corrected chi connectivity index (χ4v) is 1.52. The molecule has 8 nitrogen and oxygen atoms in total. The lowest BCUT2D eigenvalue weighted by Crippen LogP contribution is -2.25. The van der Waals surface area contributed by atoms with Crippen molar-refractivity contribution in [2.75, 3.05) is 10.6 Å². The highest BCUT2D eigenvalue weighted by molar-refractivity contribution is 5.77. The van der Waals surface area contributed by atoms with Crippen LogP contribution in [0.1, 0.15) is 13.8 Å². The van der Waals surface area contributed by atoms with E-state index in [-0.39, 0.29) is 0 Å². The number of pyridine rings is 2. The van der Waals surface area contributed by atoms with Gasteiger partial charge in [-0.25, -0.2) is 0 Å². The molecule has 24 heavy (non-hydrogen) atoms. The Bertz CT molecular complexity index is 580. The maximum atomic E-state index is 10.4. The van der Waals surface area contributed by atoms with Gasteiger partial charge in [-0.05, 0) is 38.1 Å². The minimum absolute atomic E-state index is 0.576. The number of anilines is 2. The van der Waals surface area contributed by atoms with E-state index in [2.05, 4.69) is 20.6 Å². The Labute approximate surface area is 139 Å². The first-order chi connectivity index (χ1) is 11.4. The van der Waals surface area contributed by atoms with Gasteiger partial charge in [0, 0.05) is 30.5 Å². The fourth-order valence-electron chi connectivity index (χ4n) is 1.52. The van der Waals surface area contributed by atoms with Crippen LogP contribution in [0.3, 0.4) is 0 Å². The van der Waals surface area contributed by atoms with Crippen molar-refractivity contribution in [2.24, 2.45) is 0 Å². The summed E-state index contributed by atoms with van der Waals surface area (Å²) >= 11 is 0. The molecular weight excluding hydrogens is 312 g/mol. The molecule has 128 valence electrons. The molecule has 4 N–H and O–H groups in total. The van der Waals surface area contributed by atoms with Crippen molar-refractivity contribution >= 4 is 23.3 Å². The summed E-state index contributed by atoms with van der Waals surface area (Å²) in [7, 11) is 0. The SMILES string of the molecule is C[C@H](Nc1cccnc1)C(=O)O.C[C@H](Nc1ccncc1)C(=O)O. The molecule has 0 aliphatic rings. The second kappa shape index (κ2) is 9.78. The van der Waals surface area contributed by atoms with Crippen LogP contribution in [0, 0.1) is 0 Å². The zero-order chi connectivity index (χ0) is 17.9. The molecule has 2 rings (SSSR count). The van der Waals surface area contributed by atoms with E-state index in [0.717, 1.165) is 5.69 Å². The topological polar surface area (TPSA) is 124 Å². The summed E-state index contributed by atoms with van der Waals surface area (Å²) in [5.41, 5.74) is 1.48. The Morgan fingerprint density at radius 2 is 1.42 bits per heavy atom. The second-order valence-electron chi connectivity index (χ2n) is 4.89. The molecule has 0 spiro atoms. The van der Waals surface area contributed by atoms with E-state index in [1.807, 2.05) is 0 Å². The molecule has 2 aromatic rings. The summed E-state index contributed by atoms with van der Waals surface area (Å²) in [4.78, 5) is 28.5. The Balaban J connectivity index is 0.000000240. The van der Waals surface area contributed by atoms with Crippen LogP contribution in [-0.2, 0) is 9.59 Å². The molecule has 0 radical (unpaired) electrons. The first kappa shape index (κ1) is 18.9. The van der Waals surface area contributed by atoms with Gasteiger partial charge in [-0.3, -0.25) is 19.6 Å². The van der Waals surface area contributed by atoms with Gasteiger partial charge in [0.1, 0.15) is 12.1 Å². The number of nitrogens with one attached hydrogen (secondary N) is 2. The van der Waals surface area contributed by atoms with Gasteiger partial charge in [0.2, 0.25) is 0 Å². The Morgan fingerprint density at radius 3 is 1.88 bits per heavy atom. The molecule has 2 atom stereocenters. The van der Waals surface area contributed by atoms with E-state index in [4.69, 9.17) is 10.2 Å². The van der Waals surface area contributed by atoms with E-state index in [1.165, 1.54) is 0 Å². The third-order valence-corrected chi connectivity index (χ3v) is 2.85. The van der Waals surface area contributed by atoms with Gasteiger partial charge in [0.15, 0.2) is 0 Å². The van der Waals surface area contributed by atoms with Crippen molar-refractivity contribution < 1.29 is 19.8 Å². The van der Waals surface area contributed by atoms with Crippen molar-refractivity contribution in [3.05, 3.63) is 49.1 Å². The Hall–Kier alpha value is -3.16. The van der Waals surface area contributed by atoms with Gasteiger partial charge in [0.25, 0.3) is 0 Å². The van der Waals surface area contributed by atoms with Crippen molar-refractivity contribution in [2.45, 2.75) is 25.9 Å². The predicted octanol–water partition coefficient (Wildman–Crippen LogP) is 1.93. The zero-order valence-corrected chi connectivity index (χ0v) is 13.4. The maximum absolute atomic E-state index is 10.4. The smallest absolute Gasteiger partial charge is 0.325 e. The first-order valence-corrected chi connectivity index (χ1v) is 7.19. The van der Waals surface area contributed by atoms with Crippen LogP contribution in [0.4, 0.5) is 11.4 Å². The normalized spacial score (nSPS) is 12.1. The van der Waals surface area contributed by atoms with E-state index in [0.29, 0.717) is 5.69 Å². The van der Waals surface area contributed by atoms with Gasteiger partial charge in [-0.2, -0.15) is 0 Å². The van der Waals surface area contributed by atoms with Crippen LogP contribution in [0.2, 0.25) is 0 Å². The van der Waals surface area contributed by atoms with Crippen molar-refractivity contribution in [1.82, 2.24) is 9.97 Å². The fraction of sp³-hybridized carbons (Fsp3) is 0.250. The number of carboxylic acid groups (broad SMARTS) is 2. The van der Waals surface area contributed by atoms with Crippen LogP contribution >= 0.6 is 0 Å². The van der Waals surface area contributed by atoms with Crippen molar-refractivity contribution in [1.29, 1.82) is 0 Å². The summed E-state index contributed by atoms with van der Waals surface area (Å²) in [5, 5.41) is 22.7. The van der Waals surface area contributed by atoms with E-state index < -0.39 is 24.0 Å². The van der Waals surface area contributed by atoms with Crippen LogP contribution in [0.25, 0.3) is 0 Å². The van der Waals surface area contributed by atoms with Crippen molar-refractivity contribution in [3.8, 4) is 0 Å². The summed E-state index contributed by atoms with van der Waals surface area (Å²) in [5.74, 6) is -1.74. The number of aromatic nitrogens is 2. The molecule has 0 fully saturated rings. The molecule has 0 aromatic carbocycles. The lowest BCUT2D eigenvalue weighted by molar-refractivity contribution is -0.138. The molecule has 0 saturated heterocycles. The lowest BCUT2D eigenvalue weighted by Gasteiger charge is -2.09. The number of carboxylic acids is 2. The summed E-state index contributed by atoms with van der Waals surface area (Å²) in [6.07, 6.45) is 6.43. The van der Waals surface area contributed by atoms with Gasteiger partial charge < -0.3 is 20.8 Å². The quantitative estimate of drug-likeness (QED) is 0.632. The highest BCUT2D eigenvalue weighted by Gasteiger charge is 2.09. The first-order valence-electron chi connectivity index (χ1n) is 7.19. The van der Waals surface area contributed by atoms with E-state index in [9.17, 15) is 9.59 Å². The third-order valence-electron chi connectivity index (χ3n) is 2.85. The van der Waals surface area contributed by atoms with Crippen LogP contribution in [0.5, 0.6) is 0 Å². The van der Waals surface area contributed by atoms with Gasteiger partial charge in [-0.1, -0.05) is 0 Å². The molecule has 0 bridgehead atoms. The molecule has 0 saturated carbocycles. The molecule has 0 aliphatic carbocycles. The van der Waals surface area contributed by atoms with Gasteiger partial charge >= 0.3 is 11.9 Å². The molecule has 0 aliphatic heterocycles. The minimum Gasteiger partial charge on any atom is -0.480 e. The predicted molar refractivity (Wildman–Crippen MR) is 89.9 cm³/mol. The highest BCUT2D eigenvalue weighted by atomic mass is 16.4. The zero-order valence-electron chi connectivity index (χ0n) is 13.4. The summed E-state index contributed by atoms with van der Waals surface area (Å²) < 4.78 is 0. The van der Waals surface area contributed by atoms with Gasteiger partial charge in [0.05, 0.1) is 5.69 Å². The number of aliphatic carboxylic acids is 2. The highest BCUT2D eigenvalue weighted by Crippen LogP contribution is 2.05. The minimum atomic E-state index is -0.876. The van der Waals surface area contributed by atoms with E-state index >= 15 is 0 Å². The number of nitrogens with zero attached hydrogens (tertiary/aromatic N) is 2. The summed E-state index contributed by atoms with van der Waals surface area (Å²) in [6.45, 7) is 3.16. The molecule has 8 heteroatoms. The third kappa shape index (κ3) is 7.21. The molecule has 0 unspecified atom stereocenters. The van der Waals surface area contributed by atoms with Crippen LogP contribution in [0.15, 0.2) is 49.1 Å². The molecular formula is C16H20N4O4. The maximum Gasteiger partial charge on any atom is 0.325 e. The number of rotatable bonds is 6. The Kier molecular flexibility index (Phi) is 7.69. The Morgan fingerprint density at radius 1 is 0.875 bits per heavy atom. The number of carbonyl (C=O) groups is 2. The number of hydrogen-bond donors (Lipinski definition) is 4.